The first-order valence-electron chi connectivity index (χ1n) is 5.88. The molecule has 3 rings (SSSR count). The van der Waals surface area contributed by atoms with E-state index in [0.29, 0.717) is 0 Å². The Morgan fingerprint density at radius 3 is 2.50 bits per heavy atom. The van der Waals surface area contributed by atoms with Gasteiger partial charge in [-0.05, 0) is 43.0 Å². The topological polar surface area (TPSA) is 20.2 Å². The zero-order valence-electron chi connectivity index (χ0n) is 10.3. The number of thiophene rings is 2. The van der Waals surface area contributed by atoms with Crippen LogP contribution in [0.1, 0.15) is 26.3 Å². The fourth-order valence-corrected chi connectivity index (χ4v) is 4.37. The van der Waals surface area contributed by atoms with Crippen molar-refractivity contribution in [3.05, 3.63) is 56.6 Å². The lowest BCUT2D eigenvalue weighted by atomic mass is 10.1. The molecule has 0 bridgehead atoms. The van der Waals surface area contributed by atoms with E-state index < -0.39 is 6.10 Å². The van der Waals surface area contributed by atoms with Crippen LogP contribution in [0.3, 0.4) is 0 Å². The van der Waals surface area contributed by atoms with Gasteiger partial charge in [-0.2, -0.15) is 0 Å². The summed E-state index contributed by atoms with van der Waals surface area (Å²) < 4.78 is 1.23. The summed E-state index contributed by atoms with van der Waals surface area (Å²) in [6.07, 6.45) is -0.485. The maximum Gasteiger partial charge on any atom is 0.123 e. The van der Waals surface area contributed by atoms with E-state index in [4.69, 9.17) is 0 Å². The number of hydrogen-bond donors (Lipinski definition) is 1. The summed E-state index contributed by atoms with van der Waals surface area (Å²) in [5, 5.41) is 11.7. The van der Waals surface area contributed by atoms with Gasteiger partial charge in [0.2, 0.25) is 0 Å². The van der Waals surface area contributed by atoms with E-state index >= 15 is 0 Å². The SMILES string of the molecule is Cc1cc(C)c(C(O)c2cc3ccccc3s2)s1. The Kier molecular flexibility index (Phi) is 2.98. The average molecular weight is 274 g/mol. The van der Waals surface area contributed by atoms with E-state index in [9.17, 15) is 5.11 Å². The maximum atomic E-state index is 10.5. The molecule has 1 aromatic carbocycles. The van der Waals surface area contributed by atoms with Crippen LogP contribution in [0.15, 0.2) is 36.4 Å². The van der Waals surface area contributed by atoms with Crippen molar-refractivity contribution in [2.75, 3.05) is 0 Å². The fraction of sp³-hybridized carbons (Fsp3) is 0.200. The summed E-state index contributed by atoms with van der Waals surface area (Å²) in [7, 11) is 0. The van der Waals surface area contributed by atoms with Gasteiger partial charge < -0.3 is 5.11 Å². The molecule has 0 saturated heterocycles. The van der Waals surface area contributed by atoms with Gasteiger partial charge in [-0.25, -0.2) is 0 Å². The smallest absolute Gasteiger partial charge is 0.123 e. The highest BCUT2D eigenvalue weighted by Gasteiger charge is 2.17. The molecule has 0 spiro atoms. The van der Waals surface area contributed by atoms with Gasteiger partial charge in [-0.15, -0.1) is 22.7 Å². The molecule has 0 fully saturated rings. The lowest BCUT2D eigenvalue weighted by molar-refractivity contribution is 0.227. The number of aryl methyl sites for hydroxylation is 2. The summed E-state index contributed by atoms with van der Waals surface area (Å²) in [6.45, 7) is 4.15. The molecule has 1 atom stereocenters. The van der Waals surface area contributed by atoms with Crippen LogP contribution in [-0.2, 0) is 0 Å². The standard InChI is InChI=1S/C15H14OS2/c1-9-7-10(2)17-15(9)14(16)13-8-11-5-3-4-6-12(11)18-13/h3-8,14,16H,1-2H3. The van der Waals surface area contributed by atoms with Crippen LogP contribution < -0.4 is 0 Å². The van der Waals surface area contributed by atoms with E-state index in [1.807, 2.05) is 12.1 Å². The van der Waals surface area contributed by atoms with Crippen molar-refractivity contribution in [2.45, 2.75) is 20.0 Å². The number of aliphatic hydroxyl groups is 1. The first-order chi connectivity index (χ1) is 8.65. The molecule has 0 aliphatic carbocycles. The van der Waals surface area contributed by atoms with Crippen molar-refractivity contribution >= 4 is 32.8 Å². The molecule has 0 aliphatic rings. The third-order valence-electron chi connectivity index (χ3n) is 3.04. The van der Waals surface area contributed by atoms with Crippen molar-refractivity contribution in [1.29, 1.82) is 0 Å². The summed E-state index contributed by atoms with van der Waals surface area (Å²) in [4.78, 5) is 3.35. The summed E-state index contributed by atoms with van der Waals surface area (Å²) in [5.41, 5.74) is 1.18. The highest BCUT2D eigenvalue weighted by molar-refractivity contribution is 7.19. The third kappa shape index (κ3) is 1.99. The molecule has 1 nitrogen and oxygen atoms in total. The molecule has 0 radical (unpaired) electrons. The van der Waals surface area contributed by atoms with Gasteiger partial charge >= 0.3 is 0 Å². The second-order valence-corrected chi connectivity index (χ2v) is 6.90. The monoisotopic (exact) mass is 274 g/mol. The maximum absolute atomic E-state index is 10.5. The molecule has 1 N–H and O–H groups in total. The van der Waals surface area contributed by atoms with E-state index in [2.05, 4.69) is 38.1 Å². The number of hydrogen-bond acceptors (Lipinski definition) is 3. The third-order valence-corrected chi connectivity index (χ3v) is 5.42. The zero-order chi connectivity index (χ0) is 12.7. The van der Waals surface area contributed by atoms with Gasteiger partial charge in [-0.3, -0.25) is 0 Å². The van der Waals surface area contributed by atoms with Crippen LogP contribution in [0.5, 0.6) is 0 Å². The lowest BCUT2D eigenvalue weighted by Crippen LogP contribution is -1.95. The van der Waals surface area contributed by atoms with E-state index in [0.717, 1.165) is 9.75 Å². The van der Waals surface area contributed by atoms with E-state index in [-0.39, 0.29) is 0 Å². The second-order valence-electron chi connectivity index (χ2n) is 4.49. The Bertz CT molecular complexity index is 660. The molecule has 92 valence electrons. The average Bonchev–Trinajstić information content (AvgIpc) is 2.91. The van der Waals surface area contributed by atoms with Crippen LogP contribution in [-0.4, -0.2) is 5.11 Å². The van der Waals surface area contributed by atoms with Gasteiger partial charge in [0.15, 0.2) is 0 Å². The molecule has 0 amide bonds. The summed E-state index contributed by atoms with van der Waals surface area (Å²) >= 11 is 3.36. The first kappa shape index (κ1) is 11.9. The van der Waals surface area contributed by atoms with Gasteiger partial charge in [-0.1, -0.05) is 18.2 Å². The predicted molar refractivity (Wildman–Crippen MR) is 79.7 cm³/mol. The van der Waals surface area contributed by atoms with Gasteiger partial charge in [0.25, 0.3) is 0 Å². The second kappa shape index (κ2) is 4.50. The van der Waals surface area contributed by atoms with Gasteiger partial charge in [0, 0.05) is 19.3 Å². The van der Waals surface area contributed by atoms with Crippen molar-refractivity contribution in [2.24, 2.45) is 0 Å². The number of aliphatic hydroxyl groups excluding tert-OH is 1. The van der Waals surface area contributed by atoms with Crippen LogP contribution in [0.4, 0.5) is 0 Å². The van der Waals surface area contributed by atoms with Gasteiger partial charge in [0.1, 0.15) is 6.10 Å². The molecule has 1 unspecified atom stereocenters. The van der Waals surface area contributed by atoms with Crippen LogP contribution in [0.25, 0.3) is 10.1 Å². The zero-order valence-corrected chi connectivity index (χ0v) is 11.9. The molecule has 18 heavy (non-hydrogen) atoms. The fourth-order valence-electron chi connectivity index (χ4n) is 2.20. The molecule has 0 saturated carbocycles. The van der Waals surface area contributed by atoms with Crippen molar-refractivity contribution in [1.82, 2.24) is 0 Å². The molecule has 0 aliphatic heterocycles. The molecule has 3 aromatic rings. The van der Waals surface area contributed by atoms with Crippen molar-refractivity contribution in [3.63, 3.8) is 0 Å². The molecular weight excluding hydrogens is 260 g/mol. The molecule has 2 heterocycles. The first-order valence-corrected chi connectivity index (χ1v) is 7.52. The minimum Gasteiger partial charge on any atom is -0.382 e. The Labute approximate surface area is 114 Å². The summed E-state index contributed by atoms with van der Waals surface area (Å²) in [6, 6.07) is 12.5. The number of fused-ring (bicyclic) bond motifs is 1. The number of rotatable bonds is 2. The Morgan fingerprint density at radius 2 is 1.83 bits per heavy atom. The minimum absolute atomic E-state index is 0.485. The normalized spacial score (nSPS) is 13.1. The number of benzene rings is 1. The Balaban J connectivity index is 2.06. The van der Waals surface area contributed by atoms with Crippen molar-refractivity contribution < 1.29 is 5.11 Å². The quantitative estimate of drug-likeness (QED) is 0.720. The largest absolute Gasteiger partial charge is 0.382 e. The summed E-state index contributed by atoms with van der Waals surface area (Å²) in [5.74, 6) is 0. The molecular formula is C15H14OS2. The highest BCUT2D eigenvalue weighted by Crippen LogP contribution is 2.37. The van der Waals surface area contributed by atoms with Crippen LogP contribution in [0, 0.1) is 13.8 Å². The van der Waals surface area contributed by atoms with Gasteiger partial charge in [0.05, 0.1) is 0 Å². The van der Waals surface area contributed by atoms with E-state index in [1.54, 1.807) is 22.7 Å². The van der Waals surface area contributed by atoms with Crippen molar-refractivity contribution in [3.8, 4) is 0 Å². The minimum atomic E-state index is -0.485. The Morgan fingerprint density at radius 1 is 1.06 bits per heavy atom. The molecule has 3 heteroatoms. The molecule has 2 aromatic heterocycles. The van der Waals surface area contributed by atoms with E-state index in [1.165, 1.54) is 20.5 Å². The lowest BCUT2D eigenvalue weighted by Gasteiger charge is -2.06. The highest BCUT2D eigenvalue weighted by atomic mass is 32.1. The van der Waals surface area contributed by atoms with Crippen LogP contribution in [0.2, 0.25) is 0 Å². The Hall–Kier alpha value is -1.16. The van der Waals surface area contributed by atoms with Crippen LogP contribution >= 0.6 is 22.7 Å². The predicted octanol–water partition coefficient (Wildman–Crippen LogP) is 4.66.